The number of aromatic nitrogens is 6. The summed E-state index contributed by atoms with van der Waals surface area (Å²) in [6.07, 6.45) is 4.48. The fraction of sp³-hybridized carbons (Fsp3) is 0.261. The van der Waals surface area contributed by atoms with Crippen LogP contribution in [0.1, 0.15) is 41.3 Å². The summed E-state index contributed by atoms with van der Waals surface area (Å²) in [7, 11) is 0. The summed E-state index contributed by atoms with van der Waals surface area (Å²) < 4.78 is 2.21. The molecule has 162 valence electrons. The number of rotatable bonds is 4. The summed E-state index contributed by atoms with van der Waals surface area (Å²) in [6.45, 7) is 2.70. The predicted molar refractivity (Wildman–Crippen MR) is 122 cm³/mol. The van der Waals surface area contributed by atoms with Gasteiger partial charge in [-0.15, -0.1) is 15.3 Å². The molecule has 32 heavy (non-hydrogen) atoms. The van der Waals surface area contributed by atoms with Crippen LogP contribution in [-0.4, -0.2) is 35.7 Å². The minimum Gasteiger partial charge on any atom is -0.321 e. The van der Waals surface area contributed by atoms with Gasteiger partial charge in [0.1, 0.15) is 5.82 Å². The Morgan fingerprint density at radius 3 is 2.69 bits per heavy atom. The first kappa shape index (κ1) is 20.4. The lowest BCUT2D eigenvalue weighted by Gasteiger charge is -2.08. The lowest BCUT2D eigenvalue weighted by molar-refractivity contribution is 0.102. The molecule has 0 saturated carbocycles. The number of fused-ring (bicyclic) bond motifs is 1. The summed E-state index contributed by atoms with van der Waals surface area (Å²) in [5.41, 5.74) is 3.14. The number of anilines is 1. The van der Waals surface area contributed by atoms with Crippen molar-refractivity contribution in [2.45, 2.75) is 39.2 Å². The Bertz CT molecular complexity index is 1280. The van der Waals surface area contributed by atoms with Gasteiger partial charge >= 0.3 is 0 Å². The molecular formula is C23H22ClN7O. The molecule has 1 aliphatic heterocycles. The molecule has 4 aromatic rings. The van der Waals surface area contributed by atoms with Crippen molar-refractivity contribution in [3.05, 3.63) is 70.8 Å². The average molecular weight is 448 g/mol. The normalized spacial score (nSPS) is 13.4. The third-order valence-corrected chi connectivity index (χ3v) is 5.78. The van der Waals surface area contributed by atoms with Gasteiger partial charge in [-0.05, 0) is 62.2 Å². The zero-order chi connectivity index (χ0) is 22.1. The lowest BCUT2D eigenvalue weighted by atomic mass is 10.2. The highest BCUT2D eigenvalue weighted by atomic mass is 35.5. The van der Waals surface area contributed by atoms with Crippen molar-refractivity contribution in [2.24, 2.45) is 0 Å². The van der Waals surface area contributed by atoms with Crippen molar-refractivity contribution < 1.29 is 4.79 Å². The maximum Gasteiger partial charge on any atom is 0.278 e. The monoisotopic (exact) mass is 447 g/mol. The smallest absolute Gasteiger partial charge is 0.278 e. The highest BCUT2D eigenvalue weighted by Crippen LogP contribution is 2.24. The summed E-state index contributed by atoms with van der Waals surface area (Å²) in [4.78, 5) is 14.2. The molecule has 3 heterocycles. The van der Waals surface area contributed by atoms with Crippen LogP contribution in [-0.2, 0) is 13.0 Å². The number of nitrogens with one attached hydrogen (secondary N) is 1. The second kappa shape index (κ2) is 8.55. The molecule has 0 bridgehead atoms. The number of halogens is 1. The molecule has 0 radical (unpaired) electrons. The molecule has 2 aromatic carbocycles. The molecular weight excluding hydrogens is 426 g/mol. The van der Waals surface area contributed by atoms with Crippen molar-refractivity contribution in [3.63, 3.8) is 0 Å². The molecule has 0 atom stereocenters. The zero-order valence-electron chi connectivity index (χ0n) is 17.6. The van der Waals surface area contributed by atoms with Crippen LogP contribution in [0.4, 0.5) is 5.69 Å². The van der Waals surface area contributed by atoms with Gasteiger partial charge in [-0.1, -0.05) is 24.1 Å². The maximum atomic E-state index is 12.8. The fourth-order valence-electron chi connectivity index (χ4n) is 3.90. The van der Waals surface area contributed by atoms with E-state index < -0.39 is 0 Å². The molecule has 0 saturated heterocycles. The molecule has 1 aliphatic rings. The van der Waals surface area contributed by atoms with Crippen LogP contribution in [0.5, 0.6) is 0 Å². The number of benzene rings is 2. The van der Waals surface area contributed by atoms with Crippen molar-refractivity contribution in [1.82, 2.24) is 29.8 Å². The second-order valence-electron chi connectivity index (χ2n) is 7.84. The Labute approximate surface area is 190 Å². The summed E-state index contributed by atoms with van der Waals surface area (Å²) in [5, 5.41) is 20.9. The summed E-state index contributed by atoms with van der Waals surface area (Å²) >= 11 is 6.05. The Kier molecular flexibility index (Phi) is 5.45. The maximum absolute atomic E-state index is 12.8. The van der Waals surface area contributed by atoms with E-state index in [1.165, 1.54) is 11.2 Å². The molecule has 5 rings (SSSR count). The molecule has 2 aromatic heterocycles. The van der Waals surface area contributed by atoms with Crippen LogP contribution in [0.3, 0.4) is 0 Å². The topological polar surface area (TPSA) is 90.5 Å². The molecule has 0 spiro atoms. The number of nitrogens with zero attached hydrogens (tertiary/aromatic N) is 6. The van der Waals surface area contributed by atoms with Crippen LogP contribution in [0.2, 0.25) is 5.02 Å². The molecule has 8 nitrogen and oxygen atoms in total. The van der Waals surface area contributed by atoms with Crippen LogP contribution in [0, 0.1) is 6.92 Å². The van der Waals surface area contributed by atoms with Gasteiger partial charge in [0.05, 0.1) is 11.4 Å². The first-order valence-electron chi connectivity index (χ1n) is 10.6. The number of aryl methyl sites for hydroxylation is 2. The van der Waals surface area contributed by atoms with Gasteiger partial charge in [-0.25, -0.2) is 0 Å². The largest absolute Gasteiger partial charge is 0.321 e. The minimum atomic E-state index is -0.320. The van der Waals surface area contributed by atoms with E-state index in [-0.39, 0.29) is 11.6 Å². The number of hydrogen-bond donors (Lipinski definition) is 1. The third kappa shape index (κ3) is 4.01. The van der Waals surface area contributed by atoms with Gasteiger partial charge in [0.25, 0.3) is 5.91 Å². The van der Waals surface area contributed by atoms with Crippen molar-refractivity contribution in [2.75, 3.05) is 5.32 Å². The van der Waals surface area contributed by atoms with Crippen molar-refractivity contribution >= 4 is 23.2 Å². The Hall–Kier alpha value is -3.52. The highest BCUT2D eigenvalue weighted by Gasteiger charge is 2.18. The number of carbonyl (C=O) groups excluding carboxylic acids is 1. The van der Waals surface area contributed by atoms with E-state index in [9.17, 15) is 4.79 Å². The van der Waals surface area contributed by atoms with Gasteiger partial charge < -0.3 is 9.88 Å². The van der Waals surface area contributed by atoms with Crippen LogP contribution in [0.15, 0.2) is 48.5 Å². The van der Waals surface area contributed by atoms with Crippen LogP contribution >= 0.6 is 11.6 Å². The van der Waals surface area contributed by atoms with Gasteiger partial charge in [0, 0.05) is 29.2 Å². The van der Waals surface area contributed by atoms with E-state index in [4.69, 9.17) is 11.6 Å². The molecule has 0 unspecified atom stereocenters. The quantitative estimate of drug-likeness (QED) is 0.498. The van der Waals surface area contributed by atoms with E-state index in [1.54, 1.807) is 19.1 Å². The predicted octanol–water partition coefficient (Wildman–Crippen LogP) is 4.47. The van der Waals surface area contributed by atoms with Crippen molar-refractivity contribution in [1.29, 1.82) is 0 Å². The lowest BCUT2D eigenvalue weighted by Crippen LogP contribution is -2.14. The van der Waals surface area contributed by atoms with Gasteiger partial charge in [0.2, 0.25) is 0 Å². The molecule has 1 N–H and O–H groups in total. The van der Waals surface area contributed by atoms with E-state index in [0.29, 0.717) is 22.1 Å². The van der Waals surface area contributed by atoms with Gasteiger partial charge in [-0.2, -0.15) is 9.90 Å². The molecule has 0 fully saturated rings. The standard InChI is InChI=1S/C23H22ClN7O/c1-15-21(29-31(28-15)19-7-5-6-17(24)14-19)23(32)25-18-11-9-16(10-12-18)22-27-26-20-8-3-2-4-13-30(20)22/h5-7,9-12,14H,2-4,8,13H2,1H3,(H,25,32). The van der Waals surface area contributed by atoms with E-state index >= 15 is 0 Å². The van der Waals surface area contributed by atoms with Crippen LogP contribution < -0.4 is 5.32 Å². The Morgan fingerprint density at radius 1 is 1.03 bits per heavy atom. The van der Waals surface area contributed by atoms with E-state index in [2.05, 4.69) is 30.3 Å². The molecule has 1 amide bonds. The molecule has 9 heteroatoms. The number of amides is 1. The molecule has 0 aliphatic carbocycles. The van der Waals surface area contributed by atoms with Crippen molar-refractivity contribution in [3.8, 4) is 17.1 Å². The van der Waals surface area contributed by atoms with E-state index in [1.807, 2.05) is 36.4 Å². The van der Waals surface area contributed by atoms with Gasteiger partial charge in [0.15, 0.2) is 11.5 Å². The van der Waals surface area contributed by atoms with Gasteiger partial charge in [-0.3, -0.25) is 4.79 Å². The van der Waals surface area contributed by atoms with Crippen LogP contribution in [0.25, 0.3) is 17.1 Å². The Balaban J connectivity index is 1.33. The van der Waals surface area contributed by atoms with E-state index in [0.717, 1.165) is 43.0 Å². The average Bonchev–Trinajstić information content (AvgIpc) is 3.30. The number of carbonyl (C=O) groups is 1. The summed E-state index contributed by atoms with van der Waals surface area (Å²) in [6, 6.07) is 14.8. The SMILES string of the molecule is Cc1nn(-c2cccc(Cl)c2)nc1C(=O)Nc1ccc(-c2nnc3n2CCCCC3)cc1. The zero-order valence-corrected chi connectivity index (χ0v) is 18.4. The number of hydrogen-bond acceptors (Lipinski definition) is 5. The second-order valence-corrected chi connectivity index (χ2v) is 8.27. The highest BCUT2D eigenvalue weighted by molar-refractivity contribution is 6.30. The summed E-state index contributed by atoms with van der Waals surface area (Å²) in [5.74, 6) is 1.60. The fourth-order valence-corrected chi connectivity index (χ4v) is 4.08. The first-order valence-corrected chi connectivity index (χ1v) is 11.0. The first-order chi connectivity index (χ1) is 15.6. The minimum absolute atomic E-state index is 0.261. The third-order valence-electron chi connectivity index (χ3n) is 5.55. The Morgan fingerprint density at radius 2 is 1.88 bits per heavy atom.